The van der Waals surface area contributed by atoms with E-state index >= 15 is 0 Å². The normalized spacial score (nSPS) is 10.5. The molecule has 0 unspecified atom stereocenters. The Labute approximate surface area is 196 Å². The van der Waals surface area contributed by atoms with Gasteiger partial charge >= 0.3 is 11.8 Å². The Morgan fingerprint density at radius 2 is 1.70 bits per heavy atom. The number of ether oxygens (including phenoxy) is 3. The highest BCUT2D eigenvalue weighted by Crippen LogP contribution is 2.28. The molecule has 0 atom stereocenters. The van der Waals surface area contributed by atoms with Crippen LogP contribution in [0.3, 0.4) is 0 Å². The van der Waals surface area contributed by atoms with Crippen molar-refractivity contribution in [1.82, 2.24) is 5.43 Å². The summed E-state index contributed by atoms with van der Waals surface area (Å²) in [6, 6.07) is 19.3. The van der Waals surface area contributed by atoms with Gasteiger partial charge in [0.1, 0.15) is 23.9 Å². The van der Waals surface area contributed by atoms with Crippen molar-refractivity contribution in [2.24, 2.45) is 5.10 Å². The van der Waals surface area contributed by atoms with E-state index in [2.05, 4.69) is 15.8 Å². The number of methoxy groups -OCH3 is 2. The third-order valence-electron chi connectivity index (χ3n) is 4.42. The summed E-state index contributed by atoms with van der Waals surface area (Å²) in [6.45, 7) is 0.387. The second-order valence-electron chi connectivity index (χ2n) is 6.71. The van der Waals surface area contributed by atoms with Crippen LogP contribution in [0.5, 0.6) is 17.2 Å². The minimum Gasteiger partial charge on any atom is -0.497 e. The summed E-state index contributed by atoms with van der Waals surface area (Å²) in [5.74, 6) is -0.230. The summed E-state index contributed by atoms with van der Waals surface area (Å²) in [7, 11) is 2.96. The van der Waals surface area contributed by atoms with Gasteiger partial charge in [0.15, 0.2) is 0 Å². The molecule has 0 aliphatic rings. The minimum atomic E-state index is -0.925. The maximum atomic E-state index is 12.1. The Kier molecular flexibility index (Phi) is 8.26. The van der Waals surface area contributed by atoms with Crippen LogP contribution < -0.4 is 25.0 Å². The maximum absolute atomic E-state index is 12.1. The van der Waals surface area contributed by atoms with Gasteiger partial charge in [-0.1, -0.05) is 23.7 Å². The molecule has 0 spiro atoms. The molecular formula is C24H22ClN3O5. The number of hydrazone groups is 1. The number of carbonyl (C=O) groups is 2. The lowest BCUT2D eigenvalue weighted by molar-refractivity contribution is -0.136. The molecular weight excluding hydrogens is 446 g/mol. The second kappa shape index (κ2) is 11.5. The van der Waals surface area contributed by atoms with Gasteiger partial charge in [-0.25, -0.2) is 5.43 Å². The Morgan fingerprint density at radius 3 is 2.39 bits per heavy atom. The van der Waals surface area contributed by atoms with Gasteiger partial charge in [-0.05, 0) is 59.7 Å². The van der Waals surface area contributed by atoms with E-state index in [4.69, 9.17) is 25.8 Å². The van der Waals surface area contributed by atoms with Crippen molar-refractivity contribution in [3.05, 3.63) is 82.9 Å². The van der Waals surface area contributed by atoms with Crippen molar-refractivity contribution in [3.63, 3.8) is 0 Å². The number of amides is 2. The topological polar surface area (TPSA) is 98.2 Å². The highest BCUT2D eigenvalue weighted by atomic mass is 35.5. The lowest BCUT2D eigenvalue weighted by atomic mass is 10.2. The van der Waals surface area contributed by atoms with Gasteiger partial charge in [0.2, 0.25) is 0 Å². The zero-order valence-electron chi connectivity index (χ0n) is 18.0. The van der Waals surface area contributed by atoms with Gasteiger partial charge in [-0.2, -0.15) is 5.10 Å². The van der Waals surface area contributed by atoms with Crippen molar-refractivity contribution >= 4 is 35.3 Å². The molecule has 0 aromatic heterocycles. The average Bonchev–Trinajstić information content (AvgIpc) is 2.83. The zero-order valence-corrected chi connectivity index (χ0v) is 18.8. The molecule has 9 heteroatoms. The van der Waals surface area contributed by atoms with Crippen LogP contribution in [0.15, 0.2) is 71.8 Å². The van der Waals surface area contributed by atoms with Crippen molar-refractivity contribution in [2.75, 3.05) is 19.5 Å². The third kappa shape index (κ3) is 6.98. The zero-order chi connectivity index (χ0) is 23.6. The molecule has 0 radical (unpaired) electrons. The number of hydrogen-bond donors (Lipinski definition) is 2. The molecule has 0 fully saturated rings. The van der Waals surface area contributed by atoms with Gasteiger partial charge in [0, 0.05) is 11.1 Å². The van der Waals surface area contributed by atoms with E-state index in [-0.39, 0.29) is 0 Å². The predicted octanol–water partition coefficient (Wildman–Crippen LogP) is 4.03. The molecule has 0 bridgehead atoms. The summed E-state index contributed by atoms with van der Waals surface area (Å²) in [5.41, 5.74) is 4.19. The standard InChI is InChI=1S/C24H22ClN3O5/c1-31-20-10-11-21(22(13-20)32-2)27-23(29)24(30)28-26-14-16-6-8-19(9-7-16)33-15-17-4-3-5-18(25)12-17/h3-14H,15H2,1-2H3,(H,27,29)(H,28,30). The van der Waals surface area contributed by atoms with Crippen molar-refractivity contribution in [3.8, 4) is 17.2 Å². The number of rotatable bonds is 8. The van der Waals surface area contributed by atoms with Crippen LogP contribution in [0.1, 0.15) is 11.1 Å². The fourth-order valence-corrected chi connectivity index (χ4v) is 2.95. The molecule has 2 N–H and O–H groups in total. The fraction of sp³-hybridized carbons (Fsp3) is 0.125. The van der Waals surface area contributed by atoms with Crippen LogP contribution in [-0.2, 0) is 16.2 Å². The van der Waals surface area contributed by atoms with E-state index in [9.17, 15) is 9.59 Å². The minimum absolute atomic E-state index is 0.329. The highest BCUT2D eigenvalue weighted by Gasteiger charge is 2.15. The van der Waals surface area contributed by atoms with E-state index in [0.717, 1.165) is 5.56 Å². The molecule has 3 aromatic carbocycles. The lowest BCUT2D eigenvalue weighted by Crippen LogP contribution is -2.32. The molecule has 0 saturated heterocycles. The molecule has 3 aromatic rings. The van der Waals surface area contributed by atoms with Gasteiger partial charge in [0.05, 0.1) is 26.1 Å². The summed E-state index contributed by atoms with van der Waals surface area (Å²) in [4.78, 5) is 24.1. The smallest absolute Gasteiger partial charge is 0.329 e. The summed E-state index contributed by atoms with van der Waals surface area (Å²) < 4.78 is 16.0. The third-order valence-corrected chi connectivity index (χ3v) is 4.65. The van der Waals surface area contributed by atoms with Crippen LogP contribution in [0, 0.1) is 0 Å². The first-order valence-corrected chi connectivity index (χ1v) is 10.2. The van der Waals surface area contributed by atoms with E-state index in [0.29, 0.717) is 40.1 Å². The van der Waals surface area contributed by atoms with Crippen molar-refractivity contribution in [2.45, 2.75) is 6.61 Å². The monoisotopic (exact) mass is 467 g/mol. The largest absolute Gasteiger partial charge is 0.497 e. The number of benzene rings is 3. The summed E-state index contributed by atoms with van der Waals surface area (Å²) >= 11 is 5.97. The fourth-order valence-electron chi connectivity index (χ4n) is 2.74. The van der Waals surface area contributed by atoms with Gasteiger partial charge in [-0.15, -0.1) is 0 Å². The van der Waals surface area contributed by atoms with E-state index in [1.54, 1.807) is 48.5 Å². The van der Waals surface area contributed by atoms with Gasteiger partial charge in [0.25, 0.3) is 0 Å². The average molecular weight is 468 g/mol. The SMILES string of the molecule is COc1ccc(NC(=O)C(=O)NN=Cc2ccc(OCc3cccc(Cl)c3)cc2)c(OC)c1. The van der Waals surface area contributed by atoms with Crippen molar-refractivity contribution < 1.29 is 23.8 Å². The van der Waals surface area contributed by atoms with Crippen molar-refractivity contribution in [1.29, 1.82) is 0 Å². The Bertz CT molecular complexity index is 1150. The van der Waals surface area contributed by atoms with E-state index in [1.165, 1.54) is 20.4 Å². The van der Waals surface area contributed by atoms with E-state index in [1.807, 2.05) is 18.2 Å². The number of nitrogens with zero attached hydrogens (tertiary/aromatic N) is 1. The molecule has 0 aliphatic heterocycles. The molecule has 0 saturated carbocycles. The summed E-state index contributed by atoms with van der Waals surface area (Å²) in [5, 5.41) is 6.94. The number of halogens is 1. The quantitative estimate of drug-likeness (QED) is 0.296. The first-order valence-electron chi connectivity index (χ1n) is 9.82. The van der Waals surface area contributed by atoms with Crippen LogP contribution in [0.2, 0.25) is 5.02 Å². The number of anilines is 1. The first-order chi connectivity index (χ1) is 16.0. The lowest BCUT2D eigenvalue weighted by Gasteiger charge is -2.10. The number of nitrogens with one attached hydrogen (secondary N) is 2. The molecule has 0 aliphatic carbocycles. The maximum Gasteiger partial charge on any atom is 0.329 e. The first kappa shape index (κ1) is 23.6. The molecule has 2 amide bonds. The second-order valence-corrected chi connectivity index (χ2v) is 7.14. The molecule has 0 heterocycles. The Hall–Kier alpha value is -4.04. The highest BCUT2D eigenvalue weighted by molar-refractivity contribution is 6.39. The molecule has 33 heavy (non-hydrogen) atoms. The summed E-state index contributed by atoms with van der Waals surface area (Å²) in [6.07, 6.45) is 1.42. The van der Waals surface area contributed by atoms with E-state index < -0.39 is 11.8 Å². The Morgan fingerprint density at radius 1 is 0.939 bits per heavy atom. The molecule has 8 nitrogen and oxygen atoms in total. The van der Waals surface area contributed by atoms with Gasteiger partial charge in [-0.3, -0.25) is 9.59 Å². The van der Waals surface area contributed by atoms with Crippen LogP contribution in [0.4, 0.5) is 5.69 Å². The number of hydrogen-bond acceptors (Lipinski definition) is 6. The van der Waals surface area contributed by atoms with Gasteiger partial charge < -0.3 is 19.5 Å². The Balaban J connectivity index is 1.50. The molecule has 3 rings (SSSR count). The van der Waals surface area contributed by atoms with Crippen LogP contribution >= 0.6 is 11.6 Å². The number of carbonyl (C=O) groups excluding carboxylic acids is 2. The van der Waals surface area contributed by atoms with Crippen LogP contribution in [-0.4, -0.2) is 32.2 Å². The predicted molar refractivity (Wildman–Crippen MR) is 126 cm³/mol. The molecule has 170 valence electrons. The van der Waals surface area contributed by atoms with Crippen LogP contribution in [0.25, 0.3) is 0 Å².